The van der Waals surface area contributed by atoms with E-state index >= 15 is 0 Å². The summed E-state index contributed by atoms with van der Waals surface area (Å²) in [6, 6.07) is 0.732. The molecule has 0 bridgehead atoms. The minimum absolute atomic E-state index is 0.732. The van der Waals surface area contributed by atoms with Crippen LogP contribution in [0.25, 0.3) is 0 Å². The second-order valence-corrected chi connectivity index (χ2v) is 6.12. The number of hydrogen-bond donors (Lipinski definition) is 1. The Bertz CT molecular complexity index is 198. The molecular weight excluding hydrogens is 222 g/mol. The molecule has 1 rings (SSSR count). The molecule has 0 aromatic heterocycles. The molecule has 0 saturated carbocycles. The van der Waals surface area contributed by atoms with Gasteiger partial charge in [0, 0.05) is 38.8 Å². The highest BCUT2D eigenvalue weighted by atomic mass is 15.3. The van der Waals surface area contributed by atoms with Gasteiger partial charge in [-0.05, 0) is 38.8 Å². The van der Waals surface area contributed by atoms with Crippen molar-refractivity contribution in [2.24, 2.45) is 5.92 Å². The van der Waals surface area contributed by atoms with Crippen LogP contribution in [-0.2, 0) is 0 Å². The highest BCUT2D eigenvalue weighted by molar-refractivity contribution is 4.77. The maximum atomic E-state index is 3.50. The van der Waals surface area contributed by atoms with Crippen molar-refractivity contribution in [3.8, 4) is 0 Å². The Labute approximate surface area is 114 Å². The number of rotatable bonds is 8. The predicted octanol–water partition coefficient (Wildman–Crippen LogP) is 2.04. The van der Waals surface area contributed by atoms with Gasteiger partial charge in [0.1, 0.15) is 0 Å². The molecule has 1 unspecified atom stereocenters. The van der Waals surface area contributed by atoms with Gasteiger partial charge in [0.15, 0.2) is 0 Å². The third-order valence-corrected chi connectivity index (χ3v) is 3.82. The first-order valence-electron chi connectivity index (χ1n) is 7.80. The second-order valence-electron chi connectivity index (χ2n) is 6.12. The van der Waals surface area contributed by atoms with Gasteiger partial charge in [0.25, 0.3) is 0 Å². The van der Waals surface area contributed by atoms with E-state index in [1.54, 1.807) is 0 Å². The lowest BCUT2D eigenvalue weighted by molar-refractivity contribution is 0.0917. The number of nitrogens with zero attached hydrogens (tertiary/aromatic N) is 2. The molecule has 1 aliphatic heterocycles. The van der Waals surface area contributed by atoms with Gasteiger partial charge < -0.3 is 10.2 Å². The van der Waals surface area contributed by atoms with Crippen molar-refractivity contribution in [2.75, 3.05) is 45.8 Å². The fourth-order valence-electron chi connectivity index (χ4n) is 2.70. The first-order valence-corrected chi connectivity index (χ1v) is 7.80. The molecule has 1 saturated heterocycles. The Kier molecular flexibility index (Phi) is 7.87. The van der Waals surface area contributed by atoms with E-state index in [4.69, 9.17) is 0 Å². The molecule has 1 atom stereocenters. The van der Waals surface area contributed by atoms with Crippen LogP contribution in [0.3, 0.4) is 0 Å². The van der Waals surface area contributed by atoms with E-state index in [2.05, 4.69) is 42.8 Å². The standard InChI is InChI=1S/C15H33N3/c1-5-7-16-8-6-15(4)18-11-9-17(10-12-18)13-14(2)3/h14-16H,5-13H2,1-4H3. The van der Waals surface area contributed by atoms with Gasteiger partial charge in [-0.25, -0.2) is 0 Å². The molecule has 0 radical (unpaired) electrons. The molecule has 1 fully saturated rings. The summed E-state index contributed by atoms with van der Waals surface area (Å²) < 4.78 is 0. The average molecular weight is 255 g/mol. The molecule has 1 N–H and O–H groups in total. The van der Waals surface area contributed by atoms with Crippen LogP contribution in [0.4, 0.5) is 0 Å². The van der Waals surface area contributed by atoms with Crippen LogP contribution in [0.5, 0.6) is 0 Å². The van der Waals surface area contributed by atoms with Crippen LogP contribution in [0.15, 0.2) is 0 Å². The van der Waals surface area contributed by atoms with Gasteiger partial charge in [-0.2, -0.15) is 0 Å². The number of nitrogens with one attached hydrogen (secondary N) is 1. The van der Waals surface area contributed by atoms with E-state index in [0.29, 0.717) is 0 Å². The molecular formula is C15H33N3. The van der Waals surface area contributed by atoms with E-state index < -0.39 is 0 Å². The third-order valence-electron chi connectivity index (χ3n) is 3.82. The van der Waals surface area contributed by atoms with Gasteiger partial charge >= 0.3 is 0 Å². The highest BCUT2D eigenvalue weighted by Crippen LogP contribution is 2.10. The number of piperazine rings is 1. The average Bonchev–Trinajstić information content (AvgIpc) is 2.34. The zero-order valence-electron chi connectivity index (χ0n) is 12.9. The molecule has 0 spiro atoms. The molecule has 1 aliphatic rings. The van der Waals surface area contributed by atoms with Crippen LogP contribution >= 0.6 is 0 Å². The summed E-state index contributed by atoms with van der Waals surface area (Å²) >= 11 is 0. The third kappa shape index (κ3) is 6.17. The fourth-order valence-corrected chi connectivity index (χ4v) is 2.70. The SMILES string of the molecule is CCCNCCC(C)N1CCN(CC(C)C)CC1. The largest absolute Gasteiger partial charge is 0.317 e. The maximum absolute atomic E-state index is 3.50. The molecule has 0 aromatic rings. The van der Waals surface area contributed by atoms with E-state index in [1.807, 2.05) is 0 Å². The predicted molar refractivity (Wildman–Crippen MR) is 80.1 cm³/mol. The lowest BCUT2D eigenvalue weighted by Crippen LogP contribution is -2.50. The quantitative estimate of drug-likeness (QED) is 0.670. The van der Waals surface area contributed by atoms with Crippen LogP contribution in [0.2, 0.25) is 0 Å². The lowest BCUT2D eigenvalue weighted by atomic mass is 10.1. The van der Waals surface area contributed by atoms with Crippen molar-refractivity contribution in [3.05, 3.63) is 0 Å². The minimum atomic E-state index is 0.732. The maximum Gasteiger partial charge on any atom is 0.0113 e. The molecule has 108 valence electrons. The van der Waals surface area contributed by atoms with E-state index in [-0.39, 0.29) is 0 Å². The Morgan fingerprint density at radius 1 is 1.00 bits per heavy atom. The van der Waals surface area contributed by atoms with Crippen molar-refractivity contribution in [3.63, 3.8) is 0 Å². The van der Waals surface area contributed by atoms with Crippen LogP contribution in [0.1, 0.15) is 40.5 Å². The van der Waals surface area contributed by atoms with Crippen molar-refractivity contribution in [1.29, 1.82) is 0 Å². The summed E-state index contributed by atoms with van der Waals surface area (Å²) in [5.74, 6) is 0.798. The van der Waals surface area contributed by atoms with Crippen molar-refractivity contribution in [1.82, 2.24) is 15.1 Å². The van der Waals surface area contributed by atoms with Crippen LogP contribution in [0, 0.1) is 5.92 Å². The summed E-state index contributed by atoms with van der Waals surface area (Å²) in [5, 5.41) is 3.50. The second kappa shape index (κ2) is 8.89. The zero-order chi connectivity index (χ0) is 13.4. The monoisotopic (exact) mass is 255 g/mol. The zero-order valence-corrected chi connectivity index (χ0v) is 12.9. The van der Waals surface area contributed by atoms with E-state index in [0.717, 1.165) is 18.5 Å². The molecule has 0 aromatic carbocycles. The molecule has 18 heavy (non-hydrogen) atoms. The van der Waals surface area contributed by atoms with E-state index in [1.165, 1.54) is 52.1 Å². The number of hydrogen-bond acceptors (Lipinski definition) is 3. The van der Waals surface area contributed by atoms with Crippen LogP contribution < -0.4 is 5.32 Å². The normalized spacial score (nSPS) is 20.5. The first-order chi connectivity index (χ1) is 8.63. The molecule has 3 nitrogen and oxygen atoms in total. The van der Waals surface area contributed by atoms with Gasteiger partial charge in [0.05, 0.1) is 0 Å². The van der Waals surface area contributed by atoms with E-state index in [9.17, 15) is 0 Å². The first kappa shape index (κ1) is 15.9. The van der Waals surface area contributed by atoms with Gasteiger partial charge in [-0.1, -0.05) is 20.8 Å². The fraction of sp³-hybridized carbons (Fsp3) is 1.00. The molecule has 3 heteroatoms. The minimum Gasteiger partial charge on any atom is -0.317 e. The summed E-state index contributed by atoms with van der Waals surface area (Å²) in [4.78, 5) is 5.27. The van der Waals surface area contributed by atoms with Crippen LogP contribution in [-0.4, -0.2) is 61.7 Å². The highest BCUT2D eigenvalue weighted by Gasteiger charge is 2.20. The lowest BCUT2D eigenvalue weighted by Gasteiger charge is -2.38. The topological polar surface area (TPSA) is 18.5 Å². The summed E-state index contributed by atoms with van der Waals surface area (Å²) in [6.07, 6.45) is 2.52. The Hall–Kier alpha value is -0.120. The van der Waals surface area contributed by atoms with Gasteiger partial charge in [-0.3, -0.25) is 4.90 Å². The summed E-state index contributed by atoms with van der Waals surface area (Å²) in [6.45, 7) is 17.8. The molecule has 0 amide bonds. The summed E-state index contributed by atoms with van der Waals surface area (Å²) in [5.41, 5.74) is 0. The van der Waals surface area contributed by atoms with Gasteiger partial charge in [0.2, 0.25) is 0 Å². The van der Waals surface area contributed by atoms with Crippen molar-refractivity contribution >= 4 is 0 Å². The van der Waals surface area contributed by atoms with Gasteiger partial charge in [-0.15, -0.1) is 0 Å². The Morgan fingerprint density at radius 2 is 1.67 bits per heavy atom. The Morgan fingerprint density at radius 3 is 2.22 bits per heavy atom. The summed E-state index contributed by atoms with van der Waals surface area (Å²) in [7, 11) is 0. The molecule has 1 heterocycles. The van der Waals surface area contributed by atoms with Crippen molar-refractivity contribution in [2.45, 2.75) is 46.6 Å². The molecule has 0 aliphatic carbocycles. The van der Waals surface area contributed by atoms with Crippen molar-refractivity contribution < 1.29 is 0 Å². The smallest absolute Gasteiger partial charge is 0.0113 e. The Balaban J connectivity index is 2.13.